The van der Waals surface area contributed by atoms with Gasteiger partial charge in [-0.15, -0.1) is 12.4 Å². The first-order chi connectivity index (χ1) is 12.2. The number of rotatable bonds is 4. The fourth-order valence-corrected chi connectivity index (χ4v) is 3.94. The van der Waals surface area contributed by atoms with E-state index in [0.29, 0.717) is 6.54 Å². The Balaban J connectivity index is 0.00000196. The average molecular weight is 375 g/mol. The van der Waals surface area contributed by atoms with Gasteiger partial charge in [0.05, 0.1) is 0 Å². The van der Waals surface area contributed by atoms with Crippen LogP contribution in [0.1, 0.15) is 36.8 Å². The summed E-state index contributed by atoms with van der Waals surface area (Å²) < 4.78 is 0. The third-order valence-electron chi connectivity index (χ3n) is 5.37. The highest BCUT2D eigenvalue weighted by molar-refractivity contribution is 5.85. The Labute approximate surface area is 161 Å². The first-order valence-electron chi connectivity index (χ1n) is 9.29. The Bertz CT molecular complexity index is 691. The number of β-amino-alcohol motifs (C(OH)–C–C–N with tert-alkyl or cyclic N) is 1. The molecule has 1 N–H and O–H groups in total. The van der Waals surface area contributed by atoms with Crippen molar-refractivity contribution >= 4 is 18.4 Å². The van der Waals surface area contributed by atoms with Crippen molar-refractivity contribution < 1.29 is 5.11 Å². The SMILES string of the molecule is Cl.OC1(c2ccccc2)CCN(Cc2cnc(N3CCCCC3)nc2)C1. The van der Waals surface area contributed by atoms with Crippen LogP contribution >= 0.6 is 12.4 Å². The minimum Gasteiger partial charge on any atom is -0.384 e. The molecular weight excluding hydrogens is 348 g/mol. The van der Waals surface area contributed by atoms with Crippen LogP contribution in [0.2, 0.25) is 0 Å². The van der Waals surface area contributed by atoms with E-state index in [2.05, 4.69) is 19.8 Å². The van der Waals surface area contributed by atoms with Crippen LogP contribution in [0.4, 0.5) is 5.95 Å². The standard InChI is InChI=1S/C20H26N4O.ClH/c25-20(18-7-3-1-4-8-18)9-12-23(16-20)15-17-13-21-19(22-14-17)24-10-5-2-6-11-24;/h1,3-4,7-8,13-14,25H,2,5-6,9-12,15-16H2;1H. The van der Waals surface area contributed by atoms with E-state index >= 15 is 0 Å². The number of aliphatic hydroxyl groups is 1. The molecule has 2 aliphatic rings. The normalized spacial score (nSPS) is 23.7. The molecule has 5 nitrogen and oxygen atoms in total. The predicted molar refractivity (Wildman–Crippen MR) is 106 cm³/mol. The first kappa shape index (κ1) is 19.1. The molecule has 0 spiro atoms. The van der Waals surface area contributed by atoms with Crippen LogP contribution in [0.25, 0.3) is 0 Å². The number of nitrogens with zero attached hydrogens (tertiary/aromatic N) is 4. The van der Waals surface area contributed by atoms with E-state index in [1.807, 2.05) is 42.7 Å². The van der Waals surface area contributed by atoms with Crippen LogP contribution in [-0.4, -0.2) is 46.2 Å². The average Bonchev–Trinajstić information content (AvgIpc) is 3.06. The number of hydrogen-bond acceptors (Lipinski definition) is 5. The lowest BCUT2D eigenvalue weighted by atomic mass is 9.93. The van der Waals surface area contributed by atoms with Gasteiger partial charge in [-0.3, -0.25) is 4.90 Å². The molecule has 0 bridgehead atoms. The van der Waals surface area contributed by atoms with Crippen LogP contribution in [0.15, 0.2) is 42.7 Å². The minimum atomic E-state index is -0.740. The number of benzene rings is 1. The summed E-state index contributed by atoms with van der Waals surface area (Å²) in [5, 5.41) is 10.9. The van der Waals surface area contributed by atoms with Crippen molar-refractivity contribution in [1.29, 1.82) is 0 Å². The van der Waals surface area contributed by atoms with Crippen molar-refractivity contribution in [3.05, 3.63) is 53.9 Å². The zero-order chi connectivity index (χ0) is 17.1. The number of anilines is 1. The summed E-state index contributed by atoms with van der Waals surface area (Å²) in [6.45, 7) is 4.46. The minimum absolute atomic E-state index is 0. The number of aromatic nitrogens is 2. The van der Waals surface area contributed by atoms with Gasteiger partial charge < -0.3 is 10.0 Å². The number of hydrogen-bond donors (Lipinski definition) is 1. The molecule has 1 aromatic carbocycles. The van der Waals surface area contributed by atoms with Gasteiger partial charge >= 0.3 is 0 Å². The molecule has 0 amide bonds. The van der Waals surface area contributed by atoms with Gasteiger partial charge in [0.15, 0.2) is 0 Å². The largest absolute Gasteiger partial charge is 0.384 e. The van der Waals surface area contributed by atoms with Crippen LogP contribution in [0.5, 0.6) is 0 Å². The Kier molecular flexibility index (Phi) is 6.12. The van der Waals surface area contributed by atoms with Crippen molar-refractivity contribution in [3.8, 4) is 0 Å². The van der Waals surface area contributed by atoms with Gasteiger partial charge in [0.2, 0.25) is 5.95 Å². The topological polar surface area (TPSA) is 52.5 Å². The van der Waals surface area contributed by atoms with E-state index in [0.717, 1.165) is 49.7 Å². The Morgan fingerprint density at radius 2 is 1.65 bits per heavy atom. The molecular formula is C20H27ClN4O. The third-order valence-corrected chi connectivity index (χ3v) is 5.37. The Morgan fingerprint density at radius 3 is 2.35 bits per heavy atom. The van der Waals surface area contributed by atoms with Crippen LogP contribution in [0, 0.1) is 0 Å². The molecule has 1 atom stereocenters. The second kappa shape index (κ2) is 8.33. The number of halogens is 1. The van der Waals surface area contributed by atoms with Gasteiger partial charge in [-0.2, -0.15) is 0 Å². The molecule has 1 aromatic heterocycles. The van der Waals surface area contributed by atoms with E-state index in [1.165, 1.54) is 19.3 Å². The molecule has 2 aliphatic heterocycles. The fraction of sp³-hybridized carbons (Fsp3) is 0.500. The quantitative estimate of drug-likeness (QED) is 0.891. The second-order valence-electron chi connectivity index (χ2n) is 7.30. The summed E-state index contributed by atoms with van der Waals surface area (Å²) in [6.07, 6.45) is 8.43. The van der Waals surface area contributed by atoms with Crippen molar-refractivity contribution in [3.63, 3.8) is 0 Å². The van der Waals surface area contributed by atoms with Crippen molar-refractivity contribution in [1.82, 2.24) is 14.9 Å². The van der Waals surface area contributed by atoms with Crippen LogP contribution in [-0.2, 0) is 12.1 Å². The Hall–Kier alpha value is -1.69. The molecule has 2 saturated heterocycles. The van der Waals surface area contributed by atoms with E-state index in [-0.39, 0.29) is 12.4 Å². The smallest absolute Gasteiger partial charge is 0.225 e. The lowest BCUT2D eigenvalue weighted by Crippen LogP contribution is -2.31. The number of likely N-dealkylation sites (tertiary alicyclic amines) is 1. The van der Waals surface area contributed by atoms with Gasteiger partial charge in [-0.05, 0) is 31.2 Å². The molecule has 1 unspecified atom stereocenters. The molecule has 2 fully saturated rings. The summed E-state index contributed by atoms with van der Waals surface area (Å²) in [4.78, 5) is 13.7. The molecule has 0 saturated carbocycles. The molecule has 140 valence electrons. The van der Waals surface area contributed by atoms with Gasteiger partial charge in [0.25, 0.3) is 0 Å². The molecule has 0 radical (unpaired) electrons. The monoisotopic (exact) mass is 374 g/mol. The van der Waals surface area contributed by atoms with Gasteiger partial charge in [0.1, 0.15) is 5.60 Å². The van der Waals surface area contributed by atoms with Crippen molar-refractivity contribution in [2.75, 3.05) is 31.1 Å². The van der Waals surface area contributed by atoms with Gasteiger partial charge in [-0.25, -0.2) is 9.97 Å². The summed E-state index contributed by atoms with van der Waals surface area (Å²) in [5.74, 6) is 0.852. The molecule has 26 heavy (non-hydrogen) atoms. The third kappa shape index (κ3) is 4.17. The maximum Gasteiger partial charge on any atom is 0.225 e. The summed E-state index contributed by atoms with van der Waals surface area (Å²) in [7, 11) is 0. The van der Waals surface area contributed by atoms with Crippen molar-refractivity contribution in [2.24, 2.45) is 0 Å². The van der Waals surface area contributed by atoms with Gasteiger partial charge in [-0.1, -0.05) is 30.3 Å². The summed E-state index contributed by atoms with van der Waals surface area (Å²) >= 11 is 0. The highest BCUT2D eigenvalue weighted by Crippen LogP contribution is 2.32. The maximum atomic E-state index is 10.9. The first-order valence-corrected chi connectivity index (χ1v) is 9.29. The van der Waals surface area contributed by atoms with E-state index in [4.69, 9.17) is 0 Å². The maximum absolute atomic E-state index is 10.9. The molecule has 0 aliphatic carbocycles. The summed E-state index contributed by atoms with van der Waals surface area (Å²) in [6, 6.07) is 9.99. The zero-order valence-electron chi connectivity index (χ0n) is 15.0. The van der Waals surface area contributed by atoms with E-state index < -0.39 is 5.60 Å². The highest BCUT2D eigenvalue weighted by atomic mass is 35.5. The van der Waals surface area contributed by atoms with E-state index in [1.54, 1.807) is 0 Å². The predicted octanol–water partition coefficient (Wildman–Crippen LogP) is 2.98. The lowest BCUT2D eigenvalue weighted by Gasteiger charge is -2.26. The zero-order valence-corrected chi connectivity index (χ0v) is 15.9. The molecule has 4 rings (SSSR count). The second-order valence-corrected chi connectivity index (χ2v) is 7.30. The number of piperidine rings is 1. The van der Waals surface area contributed by atoms with Crippen LogP contribution < -0.4 is 4.90 Å². The van der Waals surface area contributed by atoms with Crippen molar-refractivity contribution in [2.45, 2.75) is 37.8 Å². The molecule has 6 heteroatoms. The van der Waals surface area contributed by atoms with Gasteiger partial charge in [0, 0.05) is 50.7 Å². The Morgan fingerprint density at radius 1 is 0.962 bits per heavy atom. The highest BCUT2D eigenvalue weighted by Gasteiger charge is 2.37. The fourth-order valence-electron chi connectivity index (χ4n) is 3.94. The molecule has 2 aromatic rings. The molecule has 3 heterocycles. The lowest BCUT2D eigenvalue weighted by molar-refractivity contribution is 0.0453. The summed E-state index contributed by atoms with van der Waals surface area (Å²) in [5.41, 5.74) is 1.38. The van der Waals surface area contributed by atoms with E-state index in [9.17, 15) is 5.11 Å². The van der Waals surface area contributed by atoms with Crippen LogP contribution in [0.3, 0.4) is 0 Å².